The molecule has 5 N–H and O–H groups in total. The van der Waals surface area contributed by atoms with Gasteiger partial charge in [-0.2, -0.15) is 0 Å². The number of H-pyrrole nitrogens is 1. The predicted molar refractivity (Wildman–Crippen MR) is 257 cm³/mol. The molecule has 1 spiro atoms. The fourth-order valence-electron chi connectivity index (χ4n) is 10.6. The van der Waals surface area contributed by atoms with E-state index in [9.17, 15) is 32.6 Å². The average Bonchev–Trinajstić information content (AvgIpc) is 3.76. The zero-order chi connectivity index (χ0) is 47.3. The third-order valence-electron chi connectivity index (χ3n) is 14.6. The molecule has 4 fully saturated rings. The van der Waals surface area contributed by atoms with Crippen molar-refractivity contribution in [2.45, 2.75) is 101 Å². The highest BCUT2D eigenvalue weighted by atomic mass is 32.2. The van der Waals surface area contributed by atoms with Gasteiger partial charge in [0.1, 0.15) is 22.0 Å². The molecule has 67 heavy (non-hydrogen) atoms. The first-order chi connectivity index (χ1) is 31.9. The number of hydrogen-bond acceptors (Lipinski definition) is 14. The van der Waals surface area contributed by atoms with Crippen LogP contribution in [0.4, 0.5) is 17.2 Å². The number of nitrogens with zero attached hydrogens (tertiary/aromatic N) is 5. The van der Waals surface area contributed by atoms with Gasteiger partial charge < -0.3 is 25.0 Å². The van der Waals surface area contributed by atoms with Crippen LogP contribution in [0.25, 0.3) is 11.0 Å². The Morgan fingerprint density at radius 1 is 1.04 bits per heavy atom. The number of hydrogen-bond donors (Lipinski definition) is 5. The first kappa shape index (κ1) is 46.5. The van der Waals surface area contributed by atoms with E-state index in [0.717, 1.165) is 75.0 Å². The number of fused-ring (bicyclic) bond motifs is 1. The molecule has 9 rings (SSSR count). The van der Waals surface area contributed by atoms with Crippen LogP contribution in [-0.4, -0.2) is 97.7 Å². The van der Waals surface area contributed by atoms with E-state index >= 15 is 0 Å². The summed E-state index contributed by atoms with van der Waals surface area (Å²) in [5, 5.41) is 26.2. The molecule has 2 aromatic carbocycles. The zero-order valence-corrected chi connectivity index (χ0v) is 39.7. The van der Waals surface area contributed by atoms with Gasteiger partial charge in [-0.1, -0.05) is 38.1 Å². The Morgan fingerprint density at radius 3 is 2.52 bits per heavy atom. The fourth-order valence-corrected chi connectivity index (χ4v) is 13.1. The molecule has 1 amide bonds. The maximum absolute atomic E-state index is 14.0. The van der Waals surface area contributed by atoms with Crippen LogP contribution in [0, 0.1) is 26.2 Å². The van der Waals surface area contributed by atoms with Crippen molar-refractivity contribution in [3.05, 3.63) is 106 Å². The summed E-state index contributed by atoms with van der Waals surface area (Å²) in [6, 6.07) is 18.2. The van der Waals surface area contributed by atoms with Gasteiger partial charge in [-0.25, -0.2) is 27.3 Å². The molecule has 4 aliphatic rings. The number of rotatable bonds is 13. The second-order valence-corrected chi connectivity index (χ2v) is 23.7. The van der Waals surface area contributed by atoms with Gasteiger partial charge in [0.05, 0.1) is 34.2 Å². The van der Waals surface area contributed by atoms with Crippen LogP contribution in [0.2, 0.25) is 0 Å². The van der Waals surface area contributed by atoms with Gasteiger partial charge in [-0.15, -0.1) is 0 Å². The van der Waals surface area contributed by atoms with Crippen molar-refractivity contribution < 1.29 is 32.2 Å². The monoisotopic (exact) mass is 953 g/mol. The number of aliphatic hydroxyl groups is 1. The predicted octanol–water partition coefficient (Wildman–Crippen LogP) is 8.11. The van der Waals surface area contributed by atoms with E-state index in [4.69, 9.17) is 9.52 Å². The molecule has 17 nitrogen and oxygen atoms in total. The Morgan fingerprint density at radius 2 is 1.79 bits per heavy atom. The van der Waals surface area contributed by atoms with E-state index in [-0.39, 0.29) is 34.5 Å². The number of carbonyl (C=O) groups is 1. The van der Waals surface area contributed by atoms with Crippen LogP contribution >= 0.6 is 0 Å². The molecule has 0 radical (unpaired) electrons. The number of pyridine rings is 2. The SMILES string of the molecule is CC(C)c1ccccc1[C@H]1CS(=N)(=O)CCN1C1CC2(CCN(c3ccc(C(=O)NS(=O)(=O)c4cnc(NC[C@H]5CC[C@](C)(O)CC5)c([N+](=O)[O-])c4)c(Oc4cnc5[nH]ccc5c4)c3)CC2)C1. The molecular formula is C48H59N9O8S2. The quantitative estimate of drug-likeness (QED) is 0.0555. The molecule has 5 aromatic rings. The maximum atomic E-state index is 14.0. The van der Waals surface area contributed by atoms with Crippen LogP contribution in [0.5, 0.6) is 11.5 Å². The van der Waals surface area contributed by atoms with Crippen molar-refractivity contribution in [1.82, 2.24) is 24.6 Å². The van der Waals surface area contributed by atoms with Crippen LogP contribution in [0.15, 0.2) is 84.1 Å². The molecule has 2 atom stereocenters. The summed E-state index contributed by atoms with van der Waals surface area (Å²) in [6.07, 6.45) is 10.9. The van der Waals surface area contributed by atoms with E-state index < -0.39 is 46.8 Å². The van der Waals surface area contributed by atoms with E-state index in [0.29, 0.717) is 60.8 Å². The molecule has 2 aliphatic heterocycles. The van der Waals surface area contributed by atoms with Gasteiger partial charge >= 0.3 is 5.69 Å². The lowest BCUT2D eigenvalue weighted by Crippen LogP contribution is -2.58. The Hall–Kier alpha value is -5.63. The molecule has 5 heterocycles. The molecule has 2 saturated heterocycles. The molecular weight excluding hydrogens is 895 g/mol. The molecule has 19 heteroatoms. The van der Waals surface area contributed by atoms with Crippen molar-refractivity contribution >= 4 is 53.9 Å². The Bertz CT molecular complexity index is 2900. The zero-order valence-electron chi connectivity index (χ0n) is 38.1. The summed E-state index contributed by atoms with van der Waals surface area (Å²) < 4.78 is 57.6. The highest BCUT2D eigenvalue weighted by molar-refractivity contribution is 7.92. The van der Waals surface area contributed by atoms with Crippen molar-refractivity contribution in [3.63, 3.8) is 0 Å². The standard InChI is InChI=1S/C48H59N9O8S2/c1-31(2)38-6-4-5-7-39(38)42-30-66(49,62)21-20-56(42)35-25-48(26-35)15-18-55(19-16-48)34-8-9-40(43(23-34)65-36-22-33-12-17-50-44(33)52-28-36)46(58)54-67(63,64)37-24-41(57(60)61)45(53-29-37)51-27-32-10-13-47(3,59)14-11-32/h4-9,12,17,22-24,28-29,31-32,35,42,49,59H,10-11,13-16,18-21,25-27,30H2,1-3H3,(H,50,52)(H,51,53)(H,54,58)/t32-,42-,47-,66?/m1/s1. The summed E-state index contributed by atoms with van der Waals surface area (Å²) in [7, 11) is -7.32. The summed E-state index contributed by atoms with van der Waals surface area (Å²) in [4.78, 5) is 41.2. The number of amides is 1. The Kier molecular flexibility index (Phi) is 12.6. The van der Waals surface area contributed by atoms with Crippen molar-refractivity contribution in [3.8, 4) is 11.5 Å². The maximum Gasteiger partial charge on any atom is 0.312 e. The van der Waals surface area contributed by atoms with Gasteiger partial charge in [-0.05, 0) is 111 Å². The minimum atomic E-state index is -4.66. The number of ether oxygens (including phenoxy) is 1. The van der Waals surface area contributed by atoms with Gasteiger partial charge in [0.25, 0.3) is 15.9 Å². The number of aromatic nitrogens is 3. The second kappa shape index (κ2) is 18.1. The molecule has 2 aliphatic carbocycles. The lowest BCUT2D eigenvalue weighted by atomic mass is 9.59. The van der Waals surface area contributed by atoms with Gasteiger partial charge in [-0.3, -0.25) is 24.6 Å². The highest BCUT2D eigenvalue weighted by Gasteiger charge is 2.50. The first-order valence-electron chi connectivity index (χ1n) is 23.1. The van der Waals surface area contributed by atoms with Crippen LogP contribution < -0.4 is 19.7 Å². The minimum absolute atomic E-state index is 0.0484. The van der Waals surface area contributed by atoms with Crippen molar-refractivity contribution in [2.75, 3.05) is 47.9 Å². The summed E-state index contributed by atoms with van der Waals surface area (Å²) >= 11 is 0. The average molecular weight is 954 g/mol. The largest absolute Gasteiger partial charge is 0.455 e. The van der Waals surface area contributed by atoms with Gasteiger partial charge in [0, 0.05) is 83.1 Å². The molecule has 3 aromatic heterocycles. The molecule has 1 unspecified atom stereocenters. The minimum Gasteiger partial charge on any atom is -0.455 e. The summed E-state index contributed by atoms with van der Waals surface area (Å²) in [5.74, 6) is 0.552. The molecule has 0 bridgehead atoms. The number of nitrogens with one attached hydrogen (secondary N) is 4. The third kappa shape index (κ3) is 10.0. The van der Waals surface area contributed by atoms with Crippen molar-refractivity contribution in [1.29, 1.82) is 4.78 Å². The number of piperidine rings is 1. The highest BCUT2D eigenvalue weighted by Crippen LogP contribution is 2.53. The van der Waals surface area contributed by atoms with Crippen LogP contribution in [0.1, 0.15) is 106 Å². The fraction of sp³-hybridized carbons (Fsp3) is 0.479. The number of carbonyl (C=O) groups excluding carboxylic acids is 1. The number of nitro groups is 1. The topological polar surface area (TPSA) is 237 Å². The number of benzene rings is 2. The Balaban J connectivity index is 0.903. The second-order valence-electron chi connectivity index (χ2n) is 19.7. The smallest absolute Gasteiger partial charge is 0.312 e. The first-order valence-corrected chi connectivity index (χ1v) is 26.5. The Labute approximate surface area is 391 Å². The van der Waals surface area contributed by atoms with E-state index in [1.54, 1.807) is 31.3 Å². The normalized spacial score (nSPS) is 24.6. The third-order valence-corrected chi connectivity index (χ3v) is 17.6. The molecule has 2 saturated carbocycles. The lowest BCUT2D eigenvalue weighted by molar-refractivity contribution is -0.384. The van der Waals surface area contributed by atoms with Crippen LogP contribution in [0.3, 0.4) is 0 Å². The molecule has 356 valence electrons. The van der Waals surface area contributed by atoms with Crippen molar-refractivity contribution in [2.24, 2.45) is 11.3 Å². The number of anilines is 2. The number of aromatic amines is 1. The number of sulfonamides is 1. The summed E-state index contributed by atoms with van der Waals surface area (Å²) in [5.41, 5.74) is 2.68. The van der Waals surface area contributed by atoms with Crippen LogP contribution in [-0.2, 0) is 19.8 Å². The summed E-state index contributed by atoms with van der Waals surface area (Å²) in [6.45, 7) is 8.67. The van der Waals surface area contributed by atoms with E-state index in [2.05, 4.69) is 66.8 Å². The van der Waals surface area contributed by atoms with E-state index in [1.165, 1.54) is 23.4 Å². The van der Waals surface area contributed by atoms with Gasteiger partial charge in [0.15, 0.2) is 0 Å². The van der Waals surface area contributed by atoms with Gasteiger partial charge in [0.2, 0.25) is 5.82 Å². The van der Waals surface area contributed by atoms with E-state index in [1.807, 2.05) is 12.1 Å². The lowest BCUT2D eigenvalue weighted by Gasteiger charge is -2.57.